The zero-order chi connectivity index (χ0) is 10.3. The summed E-state index contributed by atoms with van der Waals surface area (Å²) >= 11 is 0. The number of rotatable bonds is 6. The third-order valence-corrected chi connectivity index (χ3v) is 1.90. The van der Waals surface area contributed by atoms with E-state index in [0.29, 0.717) is 19.2 Å². The lowest BCUT2D eigenvalue weighted by Crippen LogP contribution is -2.37. The van der Waals surface area contributed by atoms with Crippen molar-refractivity contribution in [1.82, 2.24) is 10.2 Å². The van der Waals surface area contributed by atoms with Crippen LogP contribution in [0, 0.1) is 0 Å². The lowest BCUT2D eigenvalue weighted by Gasteiger charge is -2.19. The first-order valence-electron chi connectivity index (χ1n) is 4.60. The molecule has 0 aliphatic heterocycles. The van der Waals surface area contributed by atoms with Crippen LogP contribution in [0.4, 0.5) is 0 Å². The van der Waals surface area contributed by atoms with Crippen LogP contribution in [0.1, 0.15) is 13.8 Å². The van der Waals surface area contributed by atoms with Gasteiger partial charge in [0.1, 0.15) is 0 Å². The maximum atomic E-state index is 10.9. The van der Waals surface area contributed by atoms with E-state index < -0.39 is 0 Å². The van der Waals surface area contributed by atoms with Crippen molar-refractivity contribution in [3.05, 3.63) is 0 Å². The molecule has 4 heteroatoms. The molecule has 1 N–H and O–H groups in total. The molecule has 1 unspecified atom stereocenters. The number of ether oxygens (including phenoxy) is 1. The van der Waals surface area contributed by atoms with Gasteiger partial charge < -0.3 is 15.0 Å². The monoisotopic (exact) mass is 188 g/mol. The molecule has 0 aromatic heterocycles. The summed E-state index contributed by atoms with van der Waals surface area (Å²) in [7, 11) is 4.02. The Hall–Kier alpha value is -0.610. The average Bonchev–Trinajstić information content (AvgIpc) is 2.04. The predicted molar refractivity (Wildman–Crippen MR) is 52.7 cm³/mol. The number of esters is 1. The van der Waals surface area contributed by atoms with E-state index in [0.717, 1.165) is 6.54 Å². The standard InChI is InChI=1S/C9H20N2O2/c1-5-13-9(12)7-10-6-8(2)11(3)4/h8,10H,5-7H2,1-4H3. The maximum absolute atomic E-state index is 10.9. The van der Waals surface area contributed by atoms with E-state index in [1.807, 2.05) is 14.1 Å². The highest BCUT2D eigenvalue weighted by Gasteiger charge is 2.05. The molecule has 0 aromatic rings. The Labute approximate surface area is 80.2 Å². The van der Waals surface area contributed by atoms with Gasteiger partial charge in [-0.05, 0) is 27.9 Å². The van der Waals surface area contributed by atoms with Gasteiger partial charge in [0.05, 0.1) is 13.2 Å². The fraction of sp³-hybridized carbons (Fsp3) is 0.889. The van der Waals surface area contributed by atoms with Crippen molar-refractivity contribution >= 4 is 5.97 Å². The predicted octanol–water partition coefficient (Wildman–Crippen LogP) is 0.0892. The van der Waals surface area contributed by atoms with Crippen LogP contribution in [-0.4, -0.2) is 50.7 Å². The molecule has 0 amide bonds. The van der Waals surface area contributed by atoms with Gasteiger partial charge in [-0.15, -0.1) is 0 Å². The first-order chi connectivity index (χ1) is 6.07. The van der Waals surface area contributed by atoms with Crippen molar-refractivity contribution in [2.45, 2.75) is 19.9 Å². The minimum atomic E-state index is -0.187. The number of nitrogens with one attached hydrogen (secondary N) is 1. The normalized spacial score (nSPS) is 13.0. The lowest BCUT2D eigenvalue weighted by molar-refractivity contribution is -0.142. The third kappa shape index (κ3) is 6.54. The third-order valence-electron chi connectivity index (χ3n) is 1.90. The van der Waals surface area contributed by atoms with Gasteiger partial charge in [-0.3, -0.25) is 4.79 Å². The van der Waals surface area contributed by atoms with Crippen LogP contribution in [0.15, 0.2) is 0 Å². The minimum absolute atomic E-state index is 0.187. The number of hydrogen-bond donors (Lipinski definition) is 1. The molecular formula is C9H20N2O2. The summed E-state index contributed by atoms with van der Waals surface area (Å²) in [6.07, 6.45) is 0. The average molecular weight is 188 g/mol. The number of hydrogen-bond acceptors (Lipinski definition) is 4. The first kappa shape index (κ1) is 12.4. The zero-order valence-corrected chi connectivity index (χ0v) is 8.96. The fourth-order valence-corrected chi connectivity index (χ4v) is 0.778. The Morgan fingerprint density at radius 2 is 2.15 bits per heavy atom. The molecule has 78 valence electrons. The van der Waals surface area contributed by atoms with Crippen molar-refractivity contribution in [2.24, 2.45) is 0 Å². The van der Waals surface area contributed by atoms with E-state index in [9.17, 15) is 4.79 Å². The quantitative estimate of drug-likeness (QED) is 0.600. The molecule has 1 atom stereocenters. The molecule has 0 aliphatic carbocycles. The van der Waals surface area contributed by atoms with Gasteiger partial charge in [0.25, 0.3) is 0 Å². The topological polar surface area (TPSA) is 41.6 Å². The molecule has 0 bridgehead atoms. The highest BCUT2D eigenvalue weighted by atomic mass is 16.5. The molecule has 0 radical (unpaired) electrons. The van der Waals surface area contributed by atoms with Gasteiger partial charge in [-0.1, -0.05) is 0 Å². The summed E-state index contributed by atoms with van der Waals surface area (Å²) < 4.78 is 4.77. The van der Waals surface area contributed by atoms with Gasteiger partial charge in [-0.25, -0.2) is 0 Å². The lowest BCUT2D eigenvalue weighted by atomic mass is 10.3. The van der Waals surface area contributed by atoms with Crippen LogP contribution in [0.25, 0.3) is 0 Å². The summed E-state index contributed by atoms with van der Waals surface area (Å²) in [5.41, 5.74) is 0. The Morgan fingerprint density at radius 3 is 2.62 bits per heavy atom. The molecule has 0 rings (SSSR count). The highest BCUT2D eigenvalue weighted by Crippen LogP contribution is 1.87. The number of likely N-dealkylation sites (N-methyl/N-ethyl adjacent to an activating group) is 1. The van der Waals surface area contributed by atoms with Crippen LogP contribution in [0.2, 0.25) is 0 Å². The van der Waals surface area contributed by atoms with E-state index in [4.69, 9.17) is 4.74 Å². The van der Waals surface area contributed by atoms with Crippen LogP contribution in [-0.2, 0) is 9.53 Å². The van der Waals surface area contributed by atoms with Gasteiger partial charge in [-0.2, -0.15) is 0 Å². The molecule has 13 heavy (non-hydrogen) atoms. The summed E-state index contributed by atoms with van der Waals surface area (Å²) in [6, 6.07) is 0.425. The highest BCUT2D eigenvalue weighted by molar-refractivity contribution is 5.71. The second-order valence-corrected chi connectivity index (χ2v) is 3.25. The molecule has 0 fully saturated rings. The molecule has 0 saturated heterocycles. The van der Waals surface area contributed by atoms with Crippen LogP contribution in [0.3, 0.4) is 0 Å². The van der Waals surface area contributed by atoms with E-state index in [2.05, 4.69) is 17.1 Å². The summed E-state index contributed by atoms with van der Waals surface area (Å²) in [4.78, 5) is 13.0. The number of carbonyl (C=O) groups excluding carboxylic acids is 1. The van der Waals surface area contributed by atoms with Gasteiger partial charge >= 0.3 is 5.97 Å². The van der Waals surface area contributed by atoms with E-state index >= 15 is 0 Å². The summed E-state index contributed by atoms with van der Waals surface area (Å²) in [5, 5.41) is 3.03. The smallest absolute Gasteiger partial charge is 0.319 e. The van der Waals surface area contributed by atoms with Crippen LogP contribution >= 0.6 is 0 Å². The second kappa shape index (κ2) is 6.86. The first-order valence-corrected chi connectivity index (χ1v) is 4.60. The zero-order valence-electron chi connectivity index (χ0n) is 8.96. The van der Waals surface area contributed by atoms with Gasteiger partial charge in [0.15, 0.2) is 0 Å². The minimum Gasteiger partial charge on any atom is -0.465 e. The van der Waals surface area contributed by atoms with Crippen molar-refractivity contribution in [2.75, 3.05) is 33.8 Å². The molecule has 0 aromatic carbocycles. The Balaban J connectivity index is 3.39. The van der Waals surface area contributed by atoms with E-state index in [1.165, 1.54) is 0 Å². The Morgan fingerprint density at radius 1 is 1.54 bits per heavy atom. The molecular weight excluding hydrogens is 168 g/mol. The van der Waals surface area contributed by atoms with Crippen molar-refractivity contribution in [3.63, 3.8) is 0 Å². The van der Waals surface area contributed by atoms with Crippen LogP contribution in [0.5, 0.6) is 0 Å². The Kier molecular flexibility index (Phi) is 6.54. The molecule has 0 heterocycles. The molecule has 0 aliphatic rings. The van der Waals surface area contributed by atoms with Crippen molar-refractivity contribution < 1.29 is 9.53 Å². The van der Waals surface area contributed by atoms with Crippen LogP contribution < -0.4 is 5.32 Å². The summed E-state index contributed by atoms with van der Waals surface area (Å²) in [6.45, 7) is 5.44. The van der Waals surface area contributed by atoms with Gasteiger partial charge in [0, 0.05) is 12.6 Å². The SMILES string of the molecule is CCOC(=O)CNCC(C)N(C)C. The van der Waals surface area contributed by atoms with Crippen molar-refractivity contribution in [1.29, 1.82) is 0 Å². The number of nitrogens with zero attached hydrogens (tertiary/aromatic N) is 1. The maximum Gasteiger partial charge on any atom is 0.319 e. The fourth-order valence-electron chi connectivity index (χ4n) is 0.778. The molecule has 4 nitrogen and oxygen atoms in total. The van der Waals surface area contributed by atoms with E-state index in [1.54, 1.807) is 6.92 Å². The molecule has 0 saturated carbocycles. The largest absolute Gasteiger partial charge is 0.465 e. The van der Waals surface area contributed by atoms with Gasteiger partial charge in [0.2, 0.25) is 0 Å². The summed E-state index contributed by atoms with van der Waals surface area (Å²) in [5.74, 6) is -0.187. The molecule has 0 spiro atoms. The second-order valence-electron chi connectivity index (χ2n) is 3.25. The van der Waals surface area contributed by atoms with Crippen molar-refractivity contribution in [3.8, 4) is 0 Å². The number of carbonyl (C=O) groups is 1. The van der Waals surface area contributed by atoms with E-state index in [-0.39, 0.29) is 5.97 Å². The Bertz CT molecular complexity index is 149.